The Labute approximate surface area is 149 Å². The molecule has 2 aromatic rings. The van der Waals surface area contributed by atoms with E-state index in [2.05, 4.69) is 17.4 Å². The van der Waals surface area contributed by atoms with E-state index in [4.69, 9.17) is 9.47 Å². The normalized spacial score (nSPS) is 10.6. The summed E-state index contributed by atoms with van der Waals surface area (Å²) in [5, 5.41) is 2.89. The predicted molar refractivity (Wildman–Crippen MR) is 101 cm³/mol. The van der Waals surface area contributed by atoms with Gasteiger partial charge in [0.05, 0.1) is 13.2 Å². The highest BCUT2D eigenvalue weighted by molar-refractivity contribution is 5.91. The number of nitrogens with one attached hydrogen (secondary N) is 1. The number of ether oxygens (including phenoxy) is 2. The topological polar surface area (TPSA) is 47.6 Å². The second-order valence-corrected chi connectivity index (χ2v) is 5.43. The molecule has 2 aromatic carbocycles. The fourth-order valence-electron chi connectivity index (χ4n) is 2.38. The van der Waals surface area contributed by atoms with Gasteiger partial charge in [-0.3, -0.25) is 4.79 Å². The molecular weight excluding hydrogens is 314 g/mol. The monoisotopic (exact) mass is 339 g/mol. The van der Waals surface area contributed by atoms with E-state index in [9.17, 15) is 4.79 Å². The lowest BCUT2D eigenvalue weighted by molar-refractivity contribution is -0.116. The van der Waals surface area contributed by atoms with Crippen LogP contribution in [0, 0.1) is 0 Å². The average Bonchev–Trinajstić information content (AvgIpc) is 2.63. The van der Waals surface area contributed by atoms with Gasteiger partial charge >= 0.3 is 0 Å². The number of rotatable bonds is 9. The van der Waals surface area contributed by atoms with Crippen LogP contribution in [0.25, 0.3) is 6.08 Å². The van der Waals surface area contributed by atoms with Gasteiger partial charge in [0.25, 0.3) is 0 Å². The Kier molecular flexibility index (Phi) is 7.57. The Morgan fingerprint density at radius 1 is 1.00 bits per heavy atom. The minimum absolute atomic E-state index is 0.109. The van der Waals surface area contributed by atoms with Crippen LogP contribution < -0.4 is 14.8 Å². The second kappa shape index (κ2) is 10.2. The molecule has 0 spiro atoms. The highest BCUT2D eigenvalue weighted by Crippen LogP contribution is 2.28. The zero-order valence-electron chi connectivity index (χ0n) is 14.8. The van der Waals surface area contributed by atoms with Crippen LogP contribution in [0.3, 0.4) is 0 Å². The van der Waals surface area contributed by atoms with Crippen molar-refractivity contribution in [3.05, 3.63) is 65.7 Å². The third-order valence-electron chi connectivity index (χ3n) is 3.55. The number of hydrogen-bond donors (Lipinski definition) is 1. The summed E-state index contributed by atoms with van der Waals surface area (Å²) in [6.45, 7) is 5.62. The number of benzene rings is 2. The molecule has 1 amide bonds. The minimum atomic E-state index is -0.109. The van der Waals surface area contributed by atoms with Crippen LogP contribution in [0.5, 0.6) is 11.5 Å². The molecule has 0 fully saturated rings. The predicted octanol–water partition coefficient (Wildman–Crippen LogP) is 3.86. The first kappa shape index (κ1) is 18.6. The van der Waals surface area contributed by atoms with Crippen LogP contribution in [-0.4, -0.2) is 25.7 Å². The summed E-state index contributed by atoms with van der Waals surface area (Å²) in [5.41, 5.74) is 2.10. The molecule has 1 N–H and O–H groups in total. The van der Waals surface area contributed by atoms with Crippen LogP contribution in [0.15, 0.2) is 54.6 Å². The Bertz CT molecular complexity index is 696. The maximum absolute atomic E-state index is 11.9. The minimum Gasteiger partial charge on any atom is -0.490 e. The van der Waals surface area contributed by atoms with E-state index in [-0.39, 0.29) is 5.91 Å². The molecule has 0 atom stereocenters. The maximum Gasteiger partial charge on any atom is 0.244 e. The van der Waals surface area contributed by atoms with Crippen LogP contribution in [0.1, 0.15) is 25.0 Å². The molecule has 25 heavy (non-hydrogen) atoms. The molecule has 4 nitrogen and oxygen atoms in total. The van der Waals surface area contributed by atoms with Crippen molar-refractivity contribution in [2.75, 3.05) is 19.8 Å². The van der Waals surface area contributed by atoms with Gasteiger partial charge in [0.1, 0.15) is 0 Å². The highest BCUT2D eigenvalue weighted by atomic mass is 16.5. The lowest BCUT2D eigenvalue weighted by atomic mass is 10.1. The quantitative estimate of drug-likeness (QED) is 0.706. The fourth-order valence-corrected chi connectivity index (χ4v) is 2.38. The van der Waals surface area contributed by atoms with Gasteiger partial charge in [-0.05, 0) is 49.6 Å². The summed E-state index contributed by atoms with van der Waals surface area (Å²) >= 11 is 0. The standard InChI is InChI=1S/C21H25NO3/c1-3-24-19-12-10-18(16-20(19)25-4-2)11-13-21(23)22-15-14-17-8-6-5-7-9-17/h5-13,16H,3-4,14-15H2,1-2H3,(H,22,23). The van der Waals surface area contributed by atoms with E-state index in [1.807, 2.05) is 50.2 Å². The summed E-state index contributed by atoms with van der Waals surface area (Å²) in [4.78, 5) is 11.9. The first-order chi connectivity index (χ1) is 12.2. The van der Waals surface area contributed by atoms with Crippen molar-refractivity contribution in [3.8, 4) is 11.5 Å². The fraction of sp³-hybridized carbons (Fsp3) is 0.286. The molecule has 0 saturated heterocycles. The molecule has 0 aliphatic heterocycles. The van der Waals surface area contributed by atoms with Gasteiger partial charge in [-0.25, -0.2) is 0 Å². The van der Waals surface area contributed by atoms with Crippen molar-refractivity contribution in [2.45, 2.75) is 20.3 Å². The average molecular weight is 339 g/mol. The van der Waals surface area contributed by atoms with Gasteiger partial charge in [-0.1, -0.05) is 36.4 Å². The second-order valence-electron chi connectivity index (χ2n) is 5.43. The van der Waals surface area contributed by atoms with Gasteiger partial charge in [0.2, 0.25) is 5.91 Å². The van der Waals surface area contributed by atoms with Crippen LogP contribution >= 0.6 is 0 Å². The third-order valence-corrected chi connectivity index (χ3v) is 3.55. The summed E-state index contributed by atoms with van der Waals surface area (Å²) < 4.78 is 11.1. The molecule has 2 rings (SSSR count). The molecule has 0 heterocycles. The number of hydrogen-bond acceptors (Lipinski definition) is 3. The Morgan fingerprint density at radius 3 is 2.44 bits per heavy atom. The Morgan fingerprint density at radius 2 is 1.72 bits per heavy atom. The maximum atomic E-state index is 11.9. The lowest BCUT2D eigenvalue weighted by Crippen LogP contribution is -2.23. The number of carbonyl (C=O) groups is 1. The highest BCUT2D eigenvalue weighted by Gasteiger charge is 2.05. The zero-order chi connectivity index (χ0) is 17.9. The van der Waals surface area contributed by atoms with Crippen molar-refractivity contribution in [2.24, 2.45) is 0 Å². The Hall–Kier alpha value is -2.75. The SMILES string of the molecule is CCOc1ccc(C=CC(=O)NCCc2ccccc2)cc1OCC. The smallest absolute Gasteiger partial charge is 0.244 e. The first-order valence-electron chi connectivity index (χ1n) is 8.62. The van der Waals surface area contributed by atoms with E-state index >= 15 is 0 Å². The van der Waals surface area contributed by atoms with E-state index in [1.54, 1.807) is 6.08 Å². The van der Waals surface area contributed by atoms with Crippen molar-refractivity contribution < 1.29 is 14.3 Å². The largest absolute Gasteiger partial charge is 0.490 e. The molecule has 132 valence electrons. The van der Waals surface area contributed by atoms with Crippen LogP contribution in [0.4, 0.5) is 0 Å². The van der Waals surface area contributed by atoms with Gasteiger partial charge in [0, 0.05) is 12.6 Å². The molecule has 4 heteroatoms. The summed E-state index contributed by atoms with van der Waals surface area (Å²) in [5.74, 6) is 1.30. The van der Waals surface area contributed by atoms with E-state index in [1.165, 1.54) is 11.6 Å². The number of carbonyl (C=O) groups excluding carboxylic acids is 1. The molecule has 0 bridgehead atoms. The van der Waals surface area contributed by atoms with E-state index < -0.39 is 0 Å². The summed E-state index contributed by atoms with van der Waals surface area (Å²) in [6.07, 6.45) is 4.13. The van der Waals surface area contributed by atoms with Crippen molar-refractivity contribution >= 4 is 12.0 Å². The van der Waals surface area contributed by atoms with Crippen molar-refractivity contribution in [1.29, 1.82) is 0 Å². The van der Waals surface area contributed by atoms with Crippen LogP contribution in [0.2, 0.25) is 0 Å². The third kappa shape index (κ3) is 6.34. The molecule has 0 radical (unpaired) electrons. The van der Waals surface area contributed by atoms with Gasteiger partial charge < -0.3 is 14.8 Å². The molecule has 0 aliphatic carbocycles. The summed E-state index contributed by atoms with van der Waals surface area (Å²) in [7, 11) is 0. The number of amides is 1. The molecule has 0 saturated carbocycles. The zero-order valence-corrected chi connectivity index (χ0v) is 14.8. The molecular formula is C21H25NO3. The van der Waals surface area contributed by atoms with E-state index in [0.717, 1.165) is 12.0 Å². The first-order valence-corrected chi connectivity index (χ1v) is 8.62. The van der Waals surface area contributed by atoms with E-state index in [0.29, 0.717) is 31.3 Å². The van der Waals surface area contributed by atoms with Gasteiger partial charge in [-0.2, -0.15) is 0 Å². The molecule has 0 unspecified atom stereocenters. The lowest BCUT2D eigenvalue weighted by Gasteiger charge is -2.11. The van der Waals surface area contributed by atoms with Crippen molar-refractivity contribution in [1.82, 2.24) is 5.32 Å². The van der Waals surface area contributed by atoms with Crippen molar-refractivity contribution in [3.63, 3.8) is 0 Å². The Balaban J connectivity index is 1.89. The summed E-state index contributed by atoms with van der Waals surface area (Å²) in [6, 6.07) is 15.7. The van der Waals surface area contributed by atoms with Crippen LogP contribution in [-0.2, 0) is 11.2 Å². The molecule has 0 aromatic heterocycles. The van der Waals surface area contributed by atoms with Gasteiger partial charge in [0.15, 0.2) is 11.5 Å². The molecule has 0 aliphatic rings. The van der Waals surface area contributed by atoms with Gasteiger partial charge in [-0.15, -0.1) is 0 Å².